The van der Waals surface area contributed by atoms with Crippen molar-refractivity contribution in [1.82, 2.24) is 10.2 Å². The Morgan fingerprint density at radius 1 is 1.04 bits per heavy atom. The van der Waals surface area contributed by atoms with Crippen molar-refractivity contribution in [3.63, 3.8) is 0 Å². The minimum atomic E-state index is 0. The van der Waals surface area contributed by atoms with E-state index in [0.717, 1.165) is 40.7 Å². The van der Waals surface area contributed by atoms with Crippen molar-refractivity contribution in [3.8, 4) is 5.75 Å². The van der Waals surface area contributed by atoms with Gasteiger partial charge in [0.05, 0.1) is 0 Å². The third-order valence-corrected chi connectivity index (χ3v) is 6.12. The van der Waals surface area contributed by atoms with Crippen LogP contribution in [0, 0.1) is 5.92 Å². The molecule has 1 saturated heterocycles. The number of rotatable bonds is 3. The lowest BCUT2D eigenvalue weighted by molar-refractivity contribution is 0.101. The number of nitrogens with zero attached hydrogens (tertiary/aromatic N) is 1. The zero-order valence-corrected chi connectivity index (χ0v) is 18.4. The predicted octanol–water partition coefficient (Wildman–Crippen LogP) is 5.29. The van der Waals surface area contributed by atoms with Crippen molar-refractivity contribution >= 4 is 56.7 Å². The maximum Gasteiger partial charge on any atom is 0.122 e. The van der Waals surface area contributed by atoms with E-state index in [2.05, 4.69) is 48.1 Å². The lowest BCUT2D eigenvalue weighted by atomic mass is 9.80. The smallest absolute Gasteiger partial charge is 0.122 e. The fourth-order valence-electron chi connectivity index (χ4n) is 3.99. The van der Waals surface area contributed by atoms with Gasteiger partial charge in [-0.2, -0.15) is 0 Å². The second-order valence-electron chi connectivity index (χ2n) is 6.45. The minimum absolute atomic E-state index is 0. The minimum Gasteiger partial charge on any atom is -0.508 e. The number of hydrogen-bond acceptors (Lipinski definition) is 3. The van der Waals surface area contributed by atoms with E-state index >= 15 is 0 Å². The molecule has 138 valence electrons. The first-order valence-corrected chi connectivity index (χ1v) is 9.88. The van der Waals surface area contributed by atoms with E-state index in [0.29, 0.717) is 17.7 Å². The number of benzene rings is 1. The average molecular weight is 505 g/mol. The SMILES string of the molecule is Cl.Cl.Oc1cc(Br)cc(Br)c1[C@@H](C1CCCCC1)N1CCNCC1. The second kappa shape index (κ2) is 10.6. The Hall–Kier alpha value is 0.480. The van der Waals surface area contributed by atoms with Crippen molar-refractivity contribution in [2.45, 2.75) is 38.1 Å². The van der Waals surface area contributed by atoms with E-state index in [1.807, 2.05) is 6.07 Å². The van der Waals surface area contributed by atoms with Crippen LogP contribution in [0.3, 0.4) is 0 Å². The zero-order valence-electron chi connectivity index (χ0n) is 13.6. The molecule has 2 fully saturated rings. The van der Waals surface area contributed by atoms with Gasteiger partial charge in [-0.3, -0.25) is 4.90 Å². The van der Waals surface area contributed by atoms with E-state index in [1.54, 1.807) is 0 Å². The van der Waals surface area contributed by atoms with Crippen molar-refractivity contribution < 1.29 is 5.11 Å². The van der Waals surface area contributed by atoms with Crippen molar-refractivity contribution in [2.24, 2.45) is 5.92 Å². The Kier molecular flexibility index (Phi) is 9.93. The summed E-state index contributed by atoms with van der Waals surface area (Å²) in [4.78, 5) is 2.57. The monoisotopic (exact) mass is 502 g/mol. The molecule has 3 nitrogen and oxygen atoms in total. The van der Waals surface area contributed by atoms with Crippen LogP contribution in [0.25, 0.3) is 0 Å². The van der Waals surface area contributed by atoms with E-state index in [9.17, 15) is 5.11 Å². The molecule has 1 aromatic carbocycles. The maximum atomic E-state index is 10.6. The van der Waals surface area contributed by atoms with Gasteiger partial charge in [-0.25, -0.2) is 0 Å². The van der Waals surface area contributed by atoms with Crippen LogP contribution in [0.4, 0.5) is 0 Å². The molecular formula is C17H26Br2Cl2N2O. The van der Waals surface area contributed by atoms with E-state index in [1.165, 1.54) is 32.1 Å². The third kappa shape index (κ3) is 5.24. The molecule has 1 atom stereocenters. The summed E-state index contributed by atoms with van der Waals surface area (Å²) < 4.78 is 1.94. The lowest BCUT2D eigenvalue weighted by Gasteiger charge is -2.41. The molecule has 3 rings (SSSR count). The first-order chi connectivity index (χ1) is 10.7. The van der Waals surface area contributed by atoms with E-state index < -0.39 is 0 Å². The van der Waals surface area contributed by atoms with Gasteiger partial charge in [0, 0.05) is 46.7 Å². The molecule has 1 aliphatic heterocycles. The molecule has 0 amide bonds. The first kappa shape index (κ1) is 22.5. The summed E-state index contributed by atoms with van der Waals surface area (Å²) in [5.74, 6) is 1.06. The Morgan fingerprint density at radius 2 is 1.67 bits per heavy atom. The van der Waals surface area contributed by atoms with Gasteiger partial charge in [0.2, 0.25) is 0 Å². The fourth-order valence-corrected chi connectivity index (χ4v) is 5.43. The van der Waals surface area contributed by atoms with Crippen LogP contribution in [0.1, 0.15) is 43.7 Å². The second-order valence-corrected chi connectivity index (χ2v) is 8.22. The zero-order chi connectivity index (χ0) is 15.5. The summed E-state index contributed by atoms with van der Waals surface area (Å²) in [5.41, 5.74) is 1.08. The topological polar surface area (TPSA) is 35.5 Å². The normalized spacial score (nSPS) is 20.8. The standard InChI is InChI=1S/C17H24Br2N2O.2ClH/c18-13-10-14(19)16(15(22)11-13)17(12-4-2-1-3-5-12)21-8-6-20-7-9-21;;/h10-12,17,20,22H,1-9H2;2*1H/t17-;;/m1../s1. The highest BCUT2D eigenvalue weighted by Crippen LogP contribution is 2.45. The molecule has 2 aliphatic rings. The molecule has 0 unspecified atom stereocenters. The molecule has 1 saturated carbocycles. The van der Waals surface area contributed by atoms with Gasteiger partial charge in [-0.15, -0.1) is 24.8 Å². The van der Waals surface area contributed by atoms with Gasteiger partial charge in [0.1, 0.15) is 5.75 Å². The summed E-state index contributed by atoms with van der Waals surface area (Å²) in [7, 11) is 0. The maximum absolute atomic E-state index is 10.6. The largest absolute Gasteiger partial charge is 0.508 e. The summed E-state index contributed by atoms with van der Waals surface area (Å²) in [6.45, 7) is 4.20. The fraction of sp³-hybridized carbons (Fsp3) is 0.647. The van der Waals surface area contributed by atoms with Crippen LogP contribution in [-0.4, -0.2) is 36.2 Å². The van der Waals surface area contributed by atoms with Crippen molar-refractivity contribution in [3.05, 3.63) is 26.6 Å². The van der Waals surface area contributed by atoms with Gasteiger partial charge in [-0.1, -0.05) is 51.1 Å². The van der Waals surface area contributed by atoms with Crippen LogP contribution >= 0.6 is 56.7 Å². The van der Waals surface area contributed by atoms with Crippen LogP contribution in [-0.2, 0) is 0 Å². The Balaban J connectivity index is 0.00000144. The molecule has 1 aromatic rings. The summed E-state index contributed by atoms with van der Waals surface area (Å²) >= 11 is 7.17. The van der Waals surface area contributed by atoms with Gasteiger partial charge < -0.3 is 10.4 Å². The Labute approximate surface area is 174 Å². The quantitative estimate of drug-likeness (QED) is 0.587. The number of hydrogen-bond donors (Lipinski definition) is 2. The van der Waals surface area contributed by atoms with Gasteiger partial charge in [0.15, 0.2) is 0 Å². The molecule has 0 radical (unpaired) electrons. The number of phenols is 1. The van der Waals surface area contributed by atoms with Crippen LogP contribution in [0.5, 0.6) is 5.75 Å². The average Bonchev–Trinajstić information content (AvgIpc) is 2.52. The van der Waals surface area contributed by atoms with Gasteiger partial charge in [0.25, 0.3) is 0 Å². The van der Waals surface area contributed by atoms with Crippen molar-refractivity contribution in [2.75, 3.05) is 26.2 Å². The first-order valence-electron chi connectivity index (χ1n) is 8.29. The summed E-state index contributed by atoms with van der Waals surface area (Å²) in [6.07, 6.45) is 6.55. The number of aromatic hydroxyl groups is 1. The van der Waals surface area contributed by atoms with Gasteiger partial charge >= 0.3 is 0 Å². The lowest BCUT2D eigenvalue weighted by Crippen LogP contribution is -2.47. The van der Waals surface area contributed by atoms with Crippen molar-refractivity contribution in [1.29, 1.82) is 0 Å². The molecule has 24 heavy (non-hydrogen) atoms. The molecule has 2 N–H and O–H groups in total. The van der Waals surface area contributed by atoms with Crippen LogP contribution in [0.15, 0.2) is 21.1 Å². The Bertz CT molecular complexity index is 480. The number of nitrogens with one attached hydrogen (secondary N) is 1. The molecular weight excluding hydrogens is 479 g/mol. The van der Waals surface area contributed by atoms with E-state index in [4.69, 9.17) is 0 Å². The summed E-state index contributed by atoms with van der Waals surface area (Å²) in [5, 5.41) is 14.0. The molecule has 0 spiro atoms. The molecule has 1 heterocycles. The highest BCUT2D eigenvalue weighted by Gasteiger charge is 2.33. The summed E-state index contributed by atoms with van der Waals surface area (Å²) in [6, 6.07) is 4.22. The van der Waals surface area contributed by atoms with Crippen LogP contribution in [0.2, 0.25) is 0 Å². The highest BCUT2D eigenvalue weighted by molar-refractivity contribution is 9.11. The number of piperazine rings is 1. The Morgan fingerprint density at radius 3 is 2.25 bits per heavy atom. The van der Waals surface area contributed by atoms with Crippen LogP contribution < -0.4 is 5.32 Å². The molecule has 7 heteroatoms. The number of halogens is 4. The molecule has 1 aliphatic carbocycles. The van der Waals surface area contributed by atoms with Gasteiger partial charge in [-0.05, 0) is 30.9 Å². The molecule has 0 aromatic heterocycles. The van der Waals surface area contributed by atoms with E-state index in [-0.39, 0.29) is 24.8 Å². The number of phenolic OH excluding ortho intramolecular Hbond substituents is 1. The highest BCUT2D eigenvalue weighted by atomic mass is 79.9. The predicted molar refractivity (Wildman–Crippen MR) is 112 cm³/mol. The molecule has 0 bridgehead atoms. The third-order valence-electron chi connectivity index (χ3n) is 5.01.